The molecule has 3 rings (SSSR count). The van der Waals surface area contributed by atoms with Gasteiger partial charge >= 0.3 is 0 Å². The maximum atomic E-state index is 12.6. The van der Waals surface area contributed by atoms with E-state index in [-0.39, 0.29) is 5.91 Å². The molecule has 1 aromatic heterocycles. The quantitative estimate of drug-likeness (QED) is 0.929. The fourth-order valence-corrected chi connectivity index (χ4v) is 2.90. The van der Waals surface area contributed by atoms with Crippen LogP contribution in [0.5, 0.6) is 0 Å². The van der Waals surface area contributed by atoms with Crippen LogP contribution in [0.3, 0.4) is 0 Å². The number of carbonyl (C=O) groups excluding carboxylic acids is 1. The van der Waals surface area contributed by atoms with Crippen molar-refractivity contribution in [3.8, 4) is 5.69 Å². The molecule has 1 fully saturated rings. The Morgan fingerprint density at radius 1 is 1.38 bits per heavy atom. The first-order chi connectivity index (χ1) is 10.3. The van der Waals surface area contributed by atoms with Crippen LogP contribution in [0.4, 0.5) is 0 Å². The molecule has 1 unspecified atom stereocenters. The number of nitrogens with one attached hydrogen (secondary N) is 1. The molecule has 5 nitrogen and oxygen atoms in total. The standard InChI is InChI=1S/C16H20N4O/c1-17-12-15-4-2-10-19(15)16(21)13-5-7-14(8-6-13)20-11-3-9-18-20/h3,5-9,11,15,17H,2,4,10,12H2,1H3. The largest absolute Gasteiger partial charge is 0.334 e. The van der Waals surface area contributed by atoms with E-state index >= 15 is 0 Å². The Labute approximate surface area is 124 Å². The van der Waals surface area contributed by atoms with Crippen molar-refractivity contribution in [3.63, 3.8) is 0 Å². The van der Waals surface area contributed by atoms with E-state index < -0.39 is 0 Å². The van der Waals surface area contributed by atoms with Crippen molar-refractivity contribution in [1.29, 1.82) is 0 Å². The summed E-state index contributed by atoms with van der Waals surface area (Å²) < 4.78 is 1.79. The highest BCUT2D eigenvalue weighted by atomic mass is 16.2. The summed E-state index contributed by atoms with van der Waals surface area (Å²) in [6.07, 6.45) is 5.80. The van der Waals surface area contributed by atoms with E-state index in [1.54, 1.807) is 10.9 Å². The zero-order valence-corrected chi connectivity index (χ0v) is 12.2. The van der Waals surface area contributed by atoms with Crippen LogP contribution in [0.1, 0.15) is 23.2 Å². The molecule has 5 heteroatoms. The number of benzene rings is 1. The zero-order chi connectivity index (χ0) is 14.7. The molecule has 1 aliphatic heterocycles. The molecule has 0 bridgehead atoms. The first-order valence-electron chi connectivity index (χ1n) is 7.35. The minimum absolute atomic E-state index is 0.125. The molecule has 2 heterocycles. The number of likely N-dealkylation sites (tertiary alicyclic amines) is 1. The Hall–Kier alpha value is -2.14. The SMILES string of the molecule is CNCC1CCCN1C(=O)c1ccc(-n2cccn2)cc1. The van der Waals surface area contributed by atoms with Gasteiger partial charge in [-0.2, -0.15) is 5.10 Å². The second-order valence-corrected chi connectivity index (χ2v) is 5.35. The predicted octanol–water partition coefficient (Wildman–Crippen LogP) is 1.70. The lowest BCUT2D eigenvalue weighted by Gasteiger charge is -2.24. The van der Waals surface area contributed by atoms with Crippen LogP contribution >= 0.6 is 0 Å². The van der Waals surface area contributed by atoms with Gasteiger partial charge in [-0.3, -0.25) is 4.79 Å². The molecule has 1 atom stereocenters. The van der Waals surface area contributed by atoms with Gasteiger partial charge in [-0.1, -0.05) is 0 Å². The number of nitrogens with zero attached hydrogens (tertiary/aromatic N) is 3. The van der Waals surface area contributed by atoms with Gasteiger partial charge in [0.15, 0.2) is 0 Å². The summed E-state index contributed by atoms with van der Waals surface area (Å²) in [4.78, 5) is 14.6. The van der Waals surface area contributed by atoms with E-state index in [1.807, 2.05) is 48.5 Å². The molecule has 1 N–H and O–H groups in total. The number of rotatable bonds is 4. The summed E-state index contributed by atoms with van der Waals surface area (Å²) in [7, 11) is 1.93. The first-order valence-corrected chi connectivity index (χ1v) is 7.35. The number of carbonyl (C=O) groups is 1. The van der Waals surface area contributed by atoms with Crippen molar-refractivity contribution in [2.24, 2.45) is 0 Å². The Morgan fingerprint density at radius 2 is 2.19 bits per heavy atom. The van der Waals surface area contributed by atoms with E-state index in [0.29, 0.717) is 6.04 Å². The van der Waals surface area contributed by atoms with Crippen LogP contribution in [-0.4, -0.2) is 46.8 Å². The van der Waals surface area contributed by atoms with Gasteiger partial charge in [0.05, 0.1) is 5.69 Å². The summed E-state index contributed by atoms with van der Waals surface area (Å²) >= 11 is 0. The van der Waals surface area contributed by atoms with Gasteiger partial charge in [0.2, 0.25) is 0 Å². The van der Waals surface area contributed by atoms with E-state index in [4.69, 9.17) is 0 Å². The van der Waals surface area contributed by atoms with Gasteiger partial charge in [0.1, 0.15) is 0 Å². The highest BCUT2D eigenvalue weighted by Gasteiger charge is 2.28. The number of aromatic nitrogens is 2. The van der Waals surface area contributed by atoms with E-state index in [0.717, 1.165) is 37.2 Å². The molecular formula is C16H20N4O. The first kappa shape index (κ1) is 13.8. The Bertz CT molecular complexity index is 591. The van der Waals surface area contributed by atoms with Gasteiger partial charge in [0.25, 0.3) is 5.91 Å². The molecule has 0 saturated carbocycles. The average molecular weight is 284 g/mol. The molecule has 2 aromatic rings. The van der Waals surface area contributed by atoms with Gasteiger partial charge in [-0.05, 0) is 50.2 Å². The Balaban J connectivity index is 1.76. The minimum Gasteiger partial charge on any atom is -0.334 e. The third-order valence-electron chi connectivity index (χ3n) is 3.96. The molecule has 0 spiro atoms. The van der Waals surface area contributed by atoms with Crippen LogP contribution in [0, 0.1) is 0 Å². The molecule has 0 radical (unpaired) electrons. The van der Waals surface area contributed by atoms with Crippen molar-refractivity contribution in [3.05, 3.63) is 48.3 Å². The predicted molar refractivity (Wildman–Crippen MR) is 81.5 cm³/mol. The molecule has 1 aromatic carbocycles. The van der Waals surface area contributed by atoms with Crippen LogP contribution in [0.2, 0.25) is 0 Å². The maximum Gasteiger partial charge on any atom is 0.254 e. The second kappa shape index (κ2) is 6.10. The summed E-state index contributed by atoms with van der Waals surface area (Å²) in [6, 6.07) is 9.83. The number of likely N-dealkylation sites (N-methyl/N-ethyl adjacent to an activating group) is 1. The van der Waals surface area contributed by atoms with E-state index in [2.05, 4.69) is 10.4 Å². The summed E-state index contributed by atoms with van der Waals surface area (Å²) in [6.45, 7) is 1.71. The summed E-state index contributed by atoms with van der Waals surface area (Å²) in [5, 5.41) is 7.36. The lowest BCUT2D eigenvalue weighted by atomic mass is 10.1. The maximum absolute atomic E-state index is 12.6. The van der Waals surface area contributed by atoms with Gasteiger partial charge in [-0.25, -0.2) is 4.68 Å². The molecule has 1 amide bonds. The van der Waals surface area contributed by atoms with Gasteiger partial charge in [0, 0.05) is 37.1 Å². The molecule has 1 aliphatic rings. The Morgan fingerprint density at radius 3 is 2.86 bits per heavy atom. The highest BCUT2D eigenvalue weighted by Crippen LogP contribution is 2.20. The van der Waals surface area contributed by atoms with Gasteiger partial charge in [-0.15, -0.1) is 0 Å². The summed E-state index contributed by atoms with van der Waals surface area (Å²) in [5.74, 6) is 0.125. The second-order valence-electron chi connectivity index (χ2n) is 5.35. The molecular weight excluding hydrogens is 264 g/mol. The molecule has 1 saturated heterocycles. The topological polar surface area (TPSA) is 50.2 Å². The summed E-state index contributed by atoms with van der Waals surface area (Å²) in [5.41, 5.74) is 1.71. The highest BCUT2D eigenvalue weighted by molar-refractivity contribution is 5.94. The fourth-order valence-electron chi connectivity index (χ4n) is 2.90. The van der Waals surface area contributed by atoms with E-state index in [9.17, 15) is 4.79 Å². The minimum atomic E-state index is 0.125. The number of hydrogen-bond donors (Lipinski definition) is 1. The third kappa shape index (κ3) is 2.83. The van der Waals surface area contributed by atoms with Crippen molar-refractivity contribution in [2.45, 2.75) is 18.9 Å². The van der Waals surface area contributed by atoms with Crippen LogP contribution in [0.25, 0.3) is 5.69 Å². The lowest BCUT2D eigenvalue weighted by Crippen LogP contribution is -2.40. The normalized spacial score (nSPS) is 18.1. The van der Waals surface area contributed by atoms with Crippen LogP contribution in [0.15, 0.2) is 42.7 Å². The van der Waals surface area contributed by atoms with Crippen LogP contribution in [-0.2, 0) is 0 Å². The van der Waals surface area contributed by atoms with Crippen molar-refractivity contribution < 1.29 is 4.79 Å². The van der Waals surface area contributed by atoms with E-state index in [1.165, 1.54) is 0 Å². The monoisotopic (exact) mass is 284 g/mol. The zero-order valence-electron chi connectivity index (χ0n) is 12.2. The van der Waals surface area contributed by atoms with Gasteiger partial charge < -0.3 is 10.2 Å². The van der Waals surface area contributed by atoms with Crippen molar-refractivity contribution >= 4 is 5.91 Å². The van der Waals surface area contributed by atoms with Crippen molar-refractivity contribution in [1.82, 2.24) is 20.0 Å². The molecule has 21 heavy (non-hydrogen) atoms. The average Bonchev–Trinajstić information content (AvgIpc) is 3.19. The lowest BCUT2D eigenvalue weighted by molar-refractivity contribution is 0.0737. The van der Waals surface area contributed by atoms with Crippen LogP contribution < -0.4 is 5.32 Å². The fraction of sp³-hybridized carbons (Fsp3) is 0.375. The number of amides is 1. The van der Waals surface area contributed by atoms with Crippen molar-refractivity contribution in [2.75, 3.05) is 20.1 Å². The third-order valence-corrected chi connectivity index (χ3v) is 3.96. The molecule has 0 aliphatic carbocycles. The Kier molecular flexibility index (Phi) is 4.01. The number of hydrogen-bond acceptors (Lipinski definition) is 3. The molecule has 110 valence electrons. The smallest absolute Gasteiger partial charge is 0.254 e.